The molecule has 0 aliphatic rings. The molecule has 0 aliphatic heterocycles. The fourth-order valence-corrected chi connectivity index (χ4v) is 2.89. The Hall–Kier alpha value is -3.46. The molecule has 0 spiro atoms. The lowest BCUT2D eigenvalue weighted by Crippen LogP contribution is -2.25. The van der Waals surface area contributed by atoms with Crippen molar-refractivity contribution >= 4 is 16.9 Å². The molecular formula is C21H22N6O2. The number of pyridine rings is 1. The molecule has 0 saturated carbocycles. The van der Waals surface area contributed by atoms with Gasteiger partial charge in [0.2, 0.25) is 5.95 Å². The van der Waals surface area contributed by atoms with Crippen LogP contribution in [-0.4, -0.2) is 40.9 Å². The van der Waals surface area contributed by atoms with Gasteiger partial charge in [0.15, 0.2) is 0 Å². The standard InChI is InChI=1S/C21H22N6O2/c1-20(2,28)6-5-14-7-15-16(18-13(8-22)9-25-19(23)26-18)11-27(12-21(3,4)29)17(15)10-24-14/h7,9-11,28-29H,12H2,1-4H3,(H2,23,25,26). The third-order valence-electron chi connectivity index (χ3n) is 4.00. The Morgan fingerprint density at radius 1 is 1.17 bits per heavy atom. The predicted molar refractivity (Wildman–Crippen MR) is 109 cm³/mol. The van der Waals surface area contributed by atoms with Crippen LogP contribution < -0.4 is 5.73 Å². The van der Waals surface area contributed by atoms with Gasteiger partial charge in [-0.25, -0.2) is 15.0 Å². The van der Waals surface area contributed by atoms with E-state index in [0.717, 1.165) is 10.9 Å². The first-order chi connectivity index (χ1) is 13.5. The number of nitrogen functional groups attached to an aromatic ring is 1. The van der Waals surface area contributed by atoms with Gasteiger partial charge in [0.05, 0.1) is 41.3 Å². The normalized spacial score (nSPS) is 11.8. The van der Waals surface area contributed by atoms with Crippen molar-refractivity contribution in [3.8, 4) is 29.2 Å². The van der Waals surface area contributed by atoms with Gasteiger partial charge in [-0.2, -0.15) is 5.26 Å². The van der Waals surface area contributed by atoms with E-state index in [-0.39, 0.29) is 11.5 Å². The maximum atomic E-state index is 10.3. The van der Waals surface area contributed by atoms with Crippen molar-refractivity contribution in [2.24, 2.45) is 0 Å². The molecule has 0 bridgehead atoms. The first-order valence-corrected chi connectivity index (χ1v) is 8.97. The van der Waals surface area contributed by atoms with Gasteiger partial charge in [-0.15, -0.1) is 0 Å². The summed E-state index contributed by atoms with van der Waals surface area (Å²) in [5, 5.41) is 30.4. The molecule has 29 heavy (non-hydrogen) atoms. The van der Waals surface area contributed by atoms with E-state index >= 15 is 0 Å². The fraction of sp³-hybridized carbons (Fsp3) is 0.333. The van der Waals surface area contributed by atoms with Crippen molar-refractivity contribution < 1.29 is 10.2 Å². The van der Waals surface area contributed by atoms with E-state index in [1.54, 1.807) is 46.2 Å². The second kappa shape index (κ2) is 7.17. The summed E-state index contributed by atoms with van der Waals surface area (Å²) in [6, 6.07) is 3.85. The Morgan fingerprint density at radius 3 is 2.52 bits per heavy atom. The van der Waals surface area contributed by atoms with E-state index in [1.165, 1.54) is 6.20 Å². The van der Waals surface area contributed by atoms with Crippen molar-refractivity contribution in [1.82, 2.24) is 19.5 Å². The number of fused-ring (bicyclic) bond motifs is 1. The van der Waals surface area contributed by atoms with Gasteiger partial charge in [0, 0.05) is 17.1 Å². The summed E-state index contributed by atoms with van der Waals surface area (Å²) in [6.07, 6.45) is 4.84. The van der Waals surface area contributed by atoms with Crippen molar-refractivity contribution in [2.45, 2.75) is 45.4 Å². The highest BCUT2D eigenvalue weighted by Crippen LogP contribution is 2.32. The molecule has 8 heteroatoms. The Labute approximate surface area is 168 Å². The van der Waals surface area contributed by atoms with E-state index in [0.29, 0.717) is 23.5 Å². The molecule has 3 rings (SSSR count). The molecule has 0 aliphatic carbocycles. The number of aliphatic hydroxyl groups is 2. The zero-order chi connectivity index (χ0) is 21.4. The van der Waals surface area contributed by atoms with E-state index in [1.807, 2.05) is 4.57 Å². The van der Waals surface area contributed by atoms with E-state index < -0.39 is 11.2 Å². The molecular weight excluding hydrogens is 368 g/mol. The predicted octanol–water partition coefficient (Wildman–Crippen LogP) is 1.84. The molecule has 0 saturated heterocycles. The average Bonchev–Trinajstić information content (AvgIpc) is 2.95. The molecule has 0 aromatic carbocycles. The van der Waals surface area contributed by atoms with E-state index in [4.69, 9.17) is 5.73 Å². The van der Waals surface area contributed by atoms with Gasteiger partial charge in [0.1, 0.15) is 17.4 Å². The number of anilines is 1. The Bertz CT molecular complexity index is 1180. The summed E-state index contributed by atoms with van der Waals surface area (Å²) in [4.78, 5) is 12.5. The second-order valence-corrected chi connectivity index (χ2v) is 7.98. The molecule has 0 amide bonds. The van der Waals surface area contributed by atoms with Gasteiger partial charge in [-0.05, 0) is 39.7 Å². The number of nitrogens with zero attached hydrogens (tertiary/aromatic N) is 5. The van der Waals surface area contributed by atoms with Crippen molar-refractivity contribution in [3.05, 3.63) is 35.9 Å². The molecule has 3 heterocycles. The van der Waals surface area contributed by atoms with Gasteiger partial charge < -0.3 is 20.5 Å². The summed E-state index contributed by atoms with van der Waals surface area (Å²) >= 11 is 0. The SMILES string of the molecule is CC(C)(O)C#Cc1cc2c(-c3nc(N)ncc3C#N)cn(CC(C)(C)O)c2cn1. The maximum absolute atomic E-state index is 10.3. The first kappa shape index (κ1) is 20.3. The molecule has 3 aromatic rings. The Balaban J connectivity index is 2.29. The van der Waals surface area contributed by atoms with Crippen LogP contribution in [0.3, 0.4) is 0 Å². The summed E-state index contributed by atoms with van der Waals surface area (Å²) < 4.78 is 1.85. The van der Waals surface area contributed by atoms with Crippen LogP contribution in [0.2, 0.25) is 0 Å². The number of rotatable bonds is 3. The molecule has 4 N–H and O–H groups in total. The van der Waals surface area contributed by atoms with Gasteiger partial charge in [-0.1, -0.05) is 5.92 Å². The Kier molecular flexibility index (Phi) is 5.02. The first-order valence-electron chi connectivity index (χ1n) is 8.97. The lowest BCUT2D eigenvalue weighted by Gasteiger charge is -2.18. The average molecular weight is 390 g/mol. The van der Waals surface area contributed by atoms with Crippen LogP contribution in [0.1, 0.15) is 39.0 Å². The van der Waals surface area contributed by atoms with Crippen LogP contribution in [0, 0.1) is 23.2 Å². The summed E-state index contributed by atoms with van der Waals surface area (Å²) in [6.45, 7) is 6.90. The van der Waals surface area contributed by atoms with Crippen LogP contribution in [0.5, 0.6) is 0 Å². The molecule has 148 valence electrons. The van der Waals surface area contributed by atoms with Crippen molar-refractivity contribution in [1.29, 1.82) is 5.26 Å². The highest BCUT2D eigenvalue weighted by Gasteiger charge is 2.20. The smallest absolute Gasteiger partial charge is 0.220 e. The van der Waals surface area contributed by atoms with Gasteiger partial charge in [0.25, 0.3) is 0 Å². The minimum Gasteiger partial charge on any atom is -0.389 e. The summed E-state index contributed by atoms with van der Waals surface area (Å²) in [5.74, 6) is 5.65. The molecule has 0 atom stereocenters. The zero-order valence-electron chi connectivity index (χ0n) is 16.7. The summed E-state index contributed by atoms with van der Waals surface area (Å²) in [5.41, 5.74) is 6.18. The van der Waals surface area contributed by atoms with Gasteiger partial charge >= 0.3 is 0 Å². The lowest BCUT2D eigenvalue weighted by atomic mass is 10.1. The maximum Gasteiger partial charge on any atom is 0.220 e. The van der Waals surface area contributed by atoms with Crippen LogP contribution in [0.15, 0.2) is 24.7 Å². The van der Waals surface area contributed by atoms with Crippen LogP contribution in [-0.2, 0) is 6.54 Å². The van der Waals surface area contributed by atoms with Crippen LogP contribution in [0.25, 0.3) is 22.2 Å². The third-order valence-corrected chi connectivity index (χ3v) is 4.00. The molecule has 0 radical (unpaired) electrons. The largest absolute Gasteiger partial charge is 0.389 e. The van der Waals surface area contributed by atoms with Crippen molar-refractivity contribution in [2.75, 3.05) is 5.73 Å². The molecule has 0 unspecified atom stereocenters. The molecule has 0 fully saturated rings. The lowest BCUT2D eigenvalue weighted by molar-refractivity contribution is 0.0628. The minimum atomic E-state index is -1.15. The zero-order valence-corrected chi connectivity index (χ0v) is 16.7. The fourth-order valence-electron chi connectivity index (χ4n) is 2.89. The van der Waals surface area contributed by atoms with Crippen molar-refractivity contribution in [3.63, 3.8) is 0 Å². The van der Waals surface area contributed by atoms with Crippen LogP contribution >= 0.6 is 0 Å². The minimum absolute atomic E-state index is 0.0542. The van der Waals surface area contributed by atoms with Gasteiger partial charge in [-0.3, -0.25) is 0 Å². The summed E-state index contributed by atoms with van der Waals surface area (Å²) in [7, 11) is 0. The number of hydrogen-bond acceptors (Lipinski definition) is 7. The monoisotopic (exact) mass is 390 g/mol. The van der Waals surface area contributed by atoms with E-state index in [9.17, 15) is 15.5 Å². The number of nitriles is 1. The Morgan fingerprint density at radius 2 is 1.90 bits per heavy atom. The third kappa shape index (κ3) is 4.69. The highest BCUT2D eigenvalue weighted by atomic mass is 16.3. The van der Waals surface area contributed by atoms with Crippen LogP contribution in [0.4, 0.5) is 5.95 Å². The number of hydrogen-bond donors (Lipinski definition) is 3. The quantitative estimate of drug-likeness (QED) is 0.581. The molecule has 8 nitrogen and oxygen atoms in total. The van der Waals surface area contributed by atoms with E-state index in [2.05, 4.69) is 32.9 Å². The topological polar surface area (TPSA) is 134 Å². The number of nitrogens with two attached hydrogens (primary N) is 1. The second-order valence-electron chi connectivity index (χ2n) is 7.98. The molecule has 3 aromatic heterocycles. The number of aromatic nitrogens is 4. The highest BCUT2D eigenvalue weighted by molar-refractivity contribution is 5.96.